The van der Waals surface area contributed by atoms with E-state index in [2.05, 4.69) is 15.6 Å². The van der Waals surface area contributed by atoms with Crippen molar-refractivity contribution in [2.45, 2.75) is 19.6 Å². The zero-order valence-electron chi connectivity index (χ0n) is 12.4. The Balaban J connectivity index is 1.65. The number of hydrogen-bond donors (Lipinski definition) is 2. The van der Waals surface area contributed by atoms with E-state index in [0.29, 0.717) is 28.9 Å². The van der Waals surface area contributed by atoms with Crippen molar-refractivity contribution in [2.24, 2.45) is 0 Å². The minimum Gasteiger partial charge on any atom is -0.461 e. The second kappa shape index (κ2) is 6.16. The average molecular weight is 355 g/mol. The van der Waals surface area contributed by atoms with E-state index in [1.165, 1.54) is 0 Å². The number of hydrogen-bond acceptors (Lipinski definition) is 4. The summed E-state index contributed by atoms with van der Waals surface area (Å²) in [5.74, 6) is 0.671. The van der Waals surface area contributed by atoms with Crippen molar-refractivity contribution in [3.63, 3.8) is 0 Å². The molecule has 3 rings (SSSR count). The fraction of sp³-hybridized carbons (Fsp3) is 0.200. The van der Waals surface area contributed by atoms with Crippen molar-refractivity contribution < 1.29 is 22.4 Å². The number of aryl methyl sites for hydroxylation is 1. The van der Waals surface area contributed by atoms with Gasteiger partial charge in [0.05, 0.1) is 6.20 Å². The molecule has 0 saturated carbocycles. The van der Waals surface area contributed by atoms with Gasteiger partial charge in [-0.25, -0.2) is 9.78 Å². The lowest BCUT2D eigenvalue weighted by molar-refractivity contribution is -0.134. The number of amides is 2. The quantitative estimate of drug-likeness (QED) is 0.725. The molecule has 5 nitrogen and oxygen atoms in total. The first kappa shape index (κ1) is 16.3. The monoisotopic (exact) mass is 355 g/mol. The number of carbonyl (C=O) groups excluding carboxylic acids is 1. The van der Waals surface area contributed by atoms with E-state index in [4.69, 9.17) is 4.42 Å². The van der Waals surface area contributed by atoms with Gasteiger partial charge in [0.2, 0.25) is 0 Å². The van der Waals surface area contributed by atoms with E-state index in [-0.39, 0.29) is 11.7 Å². The largest absolute Gasteiger partial charge is 0.461 e. The first-order valence-corrected chi connectivity index (χ1v) is 7.71. The summed E-state index contributed by atoms with van der Waals surface area (Å²) in [6, 6.07) is 6.75. The SMILES string of the molecule is Cc1oc2ccccc2c1CNC(=O)Nc1ncc(C(F)(F)F)s1. The molecule has 0 fully saturated rings. The van der Waals surface area contributed by atoms with Crippen LogP contribution in [-0.2, 0) is 12.7 Å². The third kappa shape index (κ3) is 3.35. The van der Waals surface area contributed by atoms with Crippen LogP contribution in [0.5, 0.6) is 0 Å². The smallest absolute Gasteiger partial charge is 0.427 e. The van der Waals surface area contributed by atoms with Gasteiger partial charge in [-0.3, -0.25) is 5.32 Å². The van der Waals surface area contributed by atoms with Gasteiger partial charge in [0.1, 0.15) is 16.2 Å². The van der Waals surface area contributed by atoms with Crippen LogP contribution in [0.4, 0.5) is 23.1 Å². The lowest BCUT2D eigenvalue weighted by Crippen LogP contribution is -2.28. The summed E-state index contributed by atoms with van der Waals surface area (Å²) < 4.78 is 43.1. The second-order valence-corrected chi connectivity index (χ2v) is 6.00. The van der Waals surface area contributed by atoms with Crippen LogP contribution in [0.2, 0.25) is 0 Å². The first-order chi connectivity index (χ1) is 11.3. The van der Waals surface area contributed by atoms with Crippen molar-refractivity contribution in [1.82, 2.24) is 10.3 Å². The molecule has 0 atom stereocenters. The van der Waals surface area contributed by atoms with Crippen LogP contribution in [0, 0.1) is 6.92 Å². The Kier molecular flexibility index (Phi) is 4.18. The molecule has 0 radical (unpaired) electrons. The van der Waals surface area contributed by atoms with Gasteiger partial charge < -0.3 is 9.73 Å². The lowest BCUT2D eigenvalue weighted by Gasteiger charge is -2.05. The highest BCUT2D eigenvalue weighted by Gasteiger charge is 2.33. The molecule has 0 aliphatic rings. The van der Waals surface area contributed by atoms with Crippen molar-refractivity contribution in [1.29, 1.82) is 0 Å². The summed E-state index contributed by atoms with van der Waals surface area (Å²) in [5.41, 5.74) is 1.53. The molecule has 0 spiro atoms. The Morgan fingerprint density at radius 3 is 2.79 bits per heavy atom. The number of thiazole rings is 1. The predicted octanol–water partition coefficient (Wildman–Crippen LogP) is 4.54. The third-order valence-electron chi connectivity index (χ3n) is 3.33. The highest BCUT2D eigenvalue weighted by atomic mass is 32.1. The Morgan fingerprint density at radius 2 is 2.08 bits per heavy atom. The maximum absolute atomic E-state index is 12.5. The van der Waals surface area contributed by atoms with E-state index in [1.54, 1.807) is 6.92 Å². The number of para-hydroxylation sites is 1. The summed E-state index contributed by atoms with van der Waals surface area (Å²) in [4.78, 5) is 14.5. The molecule has 0 aliphatic carbocycles. The number of anilines is 1. The second-order valence-electron chi connectivity index (χ2n) is 4.97. The molecule has 9 heteroatoms. The van der Waals surface area contributed by atoms with Crippen LogP contribution >= 0.6 is 11.3 Å². The standard InChI is InChI=1S/C15H12F3N3O2S/c1-8-10(9-4-2-3-5-11(9)23-8)6-19-13(22)21-14-20-7-12(24-14)15(16,17)18/h2-5,7H,6H2,1H3,(H2,19,20,21,22). The van der Waals surface area contributed by atoms with Gasteiger partial charge in [0.15, 0.2) is 5.13 Å². The maximum Gasteiger partial charge on any atom is 0.427 e. The summed E-state index contributed by atoms with van der Waals surface area (Å²) in [6.45, 7) is 1.97. The van der Waals surface area contributed by atoms with Gasteiger partial charge in [-0.1, -0.05) is 29.5 Å². The summed E-state index contributed by atoms with van der Waals surface area (Å²) in [7, 11) is 0. The Morgan fingerprint density at radius 1 is 1.33 bits per heavy atom. The number of nitrogens with zero attached hydrogens (tertiary/aromatic N) is 1. The van der Waals surface area contributed by atoms with Gasteiger partial charge >= 0.3 is 12.2 Å². The minimum atomic E-state index is -4.47. The average Bonchev–Trinajstić information content (AvgIpc) is 3.09. The Bertz CT molecular complexity index is 886. The molecule has 0 saturated heterocycles. The van der Waals surface area contributed by atoms with Crippen LogP contribution in [0.3, 0.4) is 0 Å². The number of rotatable bonds is 3. The van der Waals surface area contributed by atoms with Crippen LogP contribution < -0.4 is 10.6 Å². The minimum absolute atomic E-state index is 0.117. The van der Waals surface area contributed by atoms with Gasteiger partial charge in [0, 0.05) is 17.5 Å². The molecule has 3 aromatic rings. The number of aromatic nitrogens is 1. The van der Waals surface area contributed by atoms with Gasteiger partial charge in [-0.2, -0.15) is 13.2 Å². The molecule has 1 aromatic carbocycles. The first-order valence-electron chi connectivity index (χ1n) is 6.89. The summed E-state index contributed by atoms with van der Waals surface area (Å²) >= 11 is 0.371. The number of nitrogens with one attached hydrogen (secondary N) is 2. The zero-order chi connectivity index (χ0) is 17.3. The number of alkyl halides is 3. The number of fused-ring (bicyclic) bond motifs is 1. The molecule has 2 aromatic heterocycles. The highest BCUT2D eigenvalue weighted by Crippen LogP contribution is 2.35. The van der Waals surface area contributed by atoms with Crippen molar-refractivity contribution in [3.8, 4) is 0 Å². The molecule has 126 valence electrons. The molecule has 24 heavy (non-hydrogen) atoms. The zero-order valence-corrected chi connectivity index (χ0v) is 13.2. The number of halogens is 3. The van der Waals surface area contributed by atoms with E-state index in [0.717, 1.165) is 10.9 Å². The normalized spacial score (nSPS) is 11.7. The van der Waals surface area contributed by atoms with Crippen LogP contribution in [0.1, 0.15) is 16.2 Å². The number of furan rings is 1. The van der Waals surface area contributed by atoms with Crippen LogP contribution in [0.15, 0.2) is 34.9 Å². The van der Waals surface area contributed by atoms with Crippen molar-refractivity contribution in [2.75, 3.05) is 5.32 Å². The number of benzene rings is 1. The molecular formula is C15H12F3N3O2S. The fourth-order valence-corrected chi connectivity index (χ4v) is 2.89. The summed E-state index contributed by atoms with van der Waals surface area (Å²) in [6.07, 6.45) is -3.78. The molecule has 0 bridgehead atoms. The molecule has 2 amide bonds. The molecule has 2 heterocycles. The maximum atomic E-state index is 12.5. The van der Waals surface area contributed by atoms with Crippen LogP contribution in [-0.4, -0.2) is 11.0 Å². The van der Waals surface area contributed by atoms with Gasteiger partial charge in [-0.05, 0) is 13.0 Å². The highest BCUT2D eigenvalue weighted by molar-refractivity contribution is 7.15. The van der Waals surface area contributed by atoms with Gasteiger partial charge in [-0.15, -0.1) is 0 Å². The third-order valence-corrected chi connectivity index (χ3v) is 4.29. The molecule has 2 N–H and O–H groups in total. The van der Waals surface area contributed by atoms with E-state index in [1.807, 2.05) is 24.3 Å². The van der Waals surface area contributed by atoms with Crippen molar-refractivity contribution in [3.05, 3.63) is 46.7 Å². The van der Waals surface area contributed by atoms with E-state index >= 15 is 0 Å². The molecule has 0 unspecified atom stereocenters. The predicted molar refractivity (Wildman–Crippen MR) is 83.9 cm³/mol. The van der Waals surface area contributed by atoms with Crippen molar-refractivity contribution >= 4 is 33.5 Å². The summed E-state index contributed by atoms with van der Waals surface area (Å²) in [5, 5.41) is 5.64. The Labute approximate surface area is 138 Å². The number of urea groups is 1. The molecular weight excluding hydrogens is 343 g/mol. The van der Waals surface area contributed by atoms with Gasteiger partial charge in [0.25, 0.3) is 0 Å². The topological polar surface area (TPSA) is 67.2 Å². The van der Waals surface area contributed by atoms with Crippen LogP contribution in [0.25, 0.3) is 11.0 Å². The van der Waals surface area contributed by atoms with E-state index in [9.17, 15) is 18.0 Å². The lowest BCUT2D eigenvalue weighted by atomic mass is 10.1. The van der Waals surface area contributed by atoms with E-state index < -0.39 is 17.1 Å². The Hall–Kier alpha value is -2.55. The number of carbonyl (C=O) groups is 1. The molecule has 0 aliphatic heterocycles. The fourth-order valence-electron chi connectivity index (χ4n) is 2.21.